The third-order valence-corrected chi connectivity index (χ3v) is 4.65. The molecule has 2 rings (SSSR count). The molecule has 0 N–H and O–H groups in total. The van der Waals surface area contributed by atoms with Crippen molar-refractivity contribution in [3.63, 3.8) is 0 Å². The molecular formula is C15H22OS. The van der Waals surface area contributed by atoms with E-state index in [4.69, 9.17) is 4.74 Å². The lowest BCUT2D eigenvalue weighted by Crippen LogP contribution is -2.38. The molecule has 1 atom stereocenters. The van der Waals surface area contributed by atoms with Gasteiger partial charge in [-0.1, -0.05) is 31.5 Å². The molecule has 2 heteroatoms. The largest absolute Gasteiger partial charge is 0.377 e. The van der Waals surface area contributed by atoms with Crippen molar-refractivity contribution in [2.24, 2.45) is 5.41 Å². The molecule has 94 valence electrons. The van der Waals surface area contributed by atoms with Gasteiger partial charge in [-0.2, -0.15) is 0 Å². The second kappa shape index (κ2) is 5.45. The molecule has 0 aromatic heterocycles. The summed E-state index contributed by atoms with van der Waals surface area (Å²) in [6, 6.07) is 8.76. The summed E-state index contributed by atoms with van der Waals surface area (Å²) in [6.45, 7) is 7.71. The number of rotatable bonds is 3. The number of benzene rings is 1. The Balaban J connectivity index is 1.91. The van der Waals surface area contributed by atoms with Crippen LogP contribution in [0.1, 0.15) is 32.3 Å². The molecule has 1 nitrogen and oxygen atoms in total. The van der Waals surface area contributed by atoms with E-state index < -0.39 is 0 Å². The third kappa shape index (κ3) is 3.49. The van der Waals surface area contributed by atoms with Gasteiger partial charge in [0, 0.05) is 17.3 Å². The molecule has 0 radical (unpaired) electrons. The molecule has 1 heterocycles. The van der Waals surface area contributed by atoms with Crippen LogP contribution in [0.25, 0.3) is 0 Å². The second-order valence-corrected chi connectivity index (χ2v) is 6.67. The number of ether oxygens (including phenoxy) is 1. The van der Waals surface area contributed by atoms with E-state index >= 15 is 0 Å². The van der Waals surface area contributed by atoms with E-state index in [0.29, 0.717) is 11.5 Å². The molecule has 1 fully saturated rings. The van der Waals surface area contributed by atoms with Crippen LogP contribution in [0.3, 0.4) is 0 Å². The first kappa shape index (κ1) is 13.0. The summed E-state index contributed by atoms with van der Waals surface area (Å²) in [6.07, 6.45) is 2.88. The van der Waals surface area contributed by atoms with Gasteiger partial charge in [0.1, 0.15) is 0 Å². The second-order valence-electron chi connectivity index (χ2n) is 5.58. The van der Waals surface area contributed by atoms with Crippen LogP contribution < -0.4 is 0 Å². The molecule has 1 saturated heterocycles. The fraction of sp³-hybridized carbons (Fsp3) is 0.600. The molecular weight excluding hydrogens is 228 g/mol. The Hall–Kier alpha value is -0.470. The predicted octanol–water partition coefficient (Wildman–Crippen LogP) is 4.29. The maximum absolute atomic E-state index is 5.92. The van der Waals surface area contributed by atoms with Crippen LogP contribution in [0, 0.1) is 12.3 Å². The molecule has 0 bridgehead atoms. The minimum Gasteiger partial charge on any atom is -0.377 e. The normalized spacial score (nSPS) is 23.6. The van der Waals surface area contributed by atoms with Gasteiger partial charge in [0.05, 0.1) is 6.10 Å². The highest BCUT2D eigenvalue weighted by atomic mass is 32.2. The molecule has 17 heavy (non-hydrogen) atoms. The molecule has 1 aromatic rings. The Kier molecular flexibility index (Phi) is 4.16. The lowest BCUT2D eigenvalue weighted by atomic mass is 9.81. The number of aryl methyl sites for hydroxylation is 1. The zero-order valence-electron chi connectivity index (χ0n) is 11.0. The van der Waals surface area contributed by atoms with Crippen LogP contribution in [0.5, 0.6) is 0 Å². The van der Waals surface area contributed by atoms with E-state index in [1.165, 1.54) is 23.3 Å². The summed E-state index contributed by atoms with van der Waals surface area (Å²) in [5.74, 6) is 1.07. The molecule has 0 aliphatic carbocycles. The van der Waals surface area contributed by atoms with Crippen molar-refractivity contribution in [2.45, 2.75) is 44.6 Å². The van der Waals surface area contributed by atoms with E-state index in [9.17, 15) is 0 Å². The zero-order chi connectivity index (χ0) is 12.3. The predicted molar refractivity (Wildman–Crippen MR) is 74.7 cm³/mol. The number of hydrogen-bond acceptors (Lipinski definition) is 2. The van der Waals surface area contributed by atoms with Gasteiger partial charge in [0.15, 0.2) is 0 Å². The summed E-state index contributed by atoms with van der Waals surface area (Å²) in [7, 11) is 0. The first-order valence-electron chi connectivity index (χ1n) is 6.39. The Labute approximate surface area is 109 Å². The average molecular weight is 250 g/mol. The average Bonchev–Trinajstić information content (AvgIpc) is 2.29. The van der Waals surface area contributed by atoms with E-state index in [1.54, 1.807) is 0 Å². The van der Waals surface area contributed by atoms with Gasteiger partial charge < -0.3 is 4.74 Å². The lowest BCUT2D eigenvalue weighted by molar-refractivity contribution is -0.0527. The molecule has 1 unspecified atom stereocenters. The summed E-state index contributed by atoms with van der Waals surface area (Å²) in [4.78, 5) is 1.35. The maximum Gasteiger partial charge on any atom is 0.0719 e. The highest BCUT2D eigenvalue weighted by Crippen LogP contribution is 2.36. The van der Waals surface area contributed by atoms with Gasteiger partial charge in [0.25, 0.3) is 0 Å². The first-order chi connectivity index (χ1) is 8.08. The Morgan fingerprint density at radius 2 is 2.00 bits per heavy atom. The zero-order valence-corrected chi connectivity index (χ0v) is 11.8. The van der Waals surface area contributed by atoms with Gasteiger partial charge in [0.2, 0.25) is 0 Å². The van der Waals surface area contributed by atoms with Crippen molar-refractivity contribution in [1.29, 1.82) is 0 Å². The fourth-order valence-corrected chi connectivity index (χ4v) is 3.44. The van der Waals surface area contributed by atoms with E-state index in [0.717, 1.165) is 12.4 Å². The third-order valence-electron chi connectivity index (χ3n) is 3.58. The Bertz CT molecular complexity index is 356. The fourth-order valence-electron chi connectivity index (χ4n) is 2.22. The number of thioether (sulfide) groups is 1. The smallest absolute Gasteiger partial charge is 0.0719 e. The molecule has 1 aromatic carbocycles. The standard InChI is InChI=1S/C15H22OS/c1-12-5-7-13(8-6-12)17-11-14-15(2,3)9-4-10-16-14/h5-8,14H,4,9-11H2,1-3H3. The molecule has 0 amide bonds. The topological polar surface area (TPSA) is 9.23 Å². The minimum atomic E-state index is 0.329. The monoisotopic (exact) mass is 250 g/mol. The summed E-state index contributed by atoms with van der Waals surface area (Å²) < 4.78 is 5.92. The van der Waals surface area contributed by atoms with Gasteiger partial charge in [-0.15, -0.1) is 11.8 Å². The van der Waals surface area contributed by atoms with Crippen LogP contribution >= 0.6 is 11.8 Å². The molecule has 1 aliphatic rings. The van der Waals surface area contributed by atoms with E-state index in [1.807, 2.05) is 11.8 Å². The summed E-state index contributed by atoms with van der Waals surface area (Å²) >= 11 is 1.91. The van der Waals surface area contributed by atoms with Gasteiger partial charge in [-0.3, -0.25) is 0 Å². The van der Waals surface area contributed by atoms with Crippen LogP contribution in [0.2, 0.25) is 0 Å². The van der Waals surface area contributed by atoms with Crippen LogP contribution in [-0.4, -0.2) is 18.5 Å². The van der Waals surface area contributed by atoms with Crippen molar-refractivity contribution < 1.29 is 4.74 Å². The lowest BCUT2D eigenvalue weighted by Gasteiger charge is -2.38. The molecule has 1 aliphatic heterocycles. The minimum absolute atomic E-state index is 0.329. The number of hydrogen-bond donors (Lipinski definition) is 0. The molecule has 0 saturated carbocycles. The maximum atomic E-state index is 5.92. The quantitative estimate of drug-likeness (QED) is 0.740. The van der Waals surface area contributed by atoms with Crippen molar-refractivity contribution in [3.05, 3.63) is 29.8 Å². The van der Waals surface area contributed by atoms with Gasteiger partial charge in [-0.25, -0.2) is 0 Å². The Morgan fingerprint density at radius 3 is 2.65 bits per heavy atom. The van der Waals surface area contributed by atoms with E-state index in [-0.39, 0.29) is 0 Å². The van der Waals surface area contributed by atoms with Crippen molar-refractivity contribution in [1.82, 2.24) is 0 Å². The summed E-state index contributed by atoms with van der Waals surface area (Å²) in [5, 5.41) is 0. The SMILES string of the molecule is Cc1ccc(SCC2OCCCC2(C)C)cc1. The Morgan fingerprint density at radius 1 is 1.29 bits per heavy atom. The highest BCUT2D eigenvalue weighted by Gasteiger charge is 2.32. The van der Waals surface area contributed by atoms with Crippen LogP contribution in [-0.2, 0) is 4.74 Å². The van der Waals surface area contributed by atoms with E-state index in [2.05, 4.69) is 45.0 Å². The first-order valence-corrected chi connectivity index (χ1v) is 7.37. The van der Waals surface area contributed by atoms with Gasteiger partial charge in [-0.05, 0) is 37.3 Å². The summed E-state index contributed by atoms with van der Waals surface area (Å²) in [5.41, 5.74) is 1.65. The van der Waals surface area contributed by atoms with Crippen molar-refractivity contribution in [3.8, 4) is 0 Å². The van der Waals surface area contributed by atoms with Crippen LogP contribution in [0.15, 0.2) is 29.2 Å². The van der Waals surface area contributed by atoms with Gasteiger partial charge >= 0.3 is 0 Å². The highest BCUT2D eigenvalue weighted by molar-refractivity contribution is 7.99. The van der Waals surface area contributed by atoms with Crippen molar-refractivity contribution >= 4 is 11.8 Å². The molecule has 0 spiro atoms. The van der Waals surface area contributed by atoms with Crippen molar-refractivity contribution in [2.75, 3.05) is 12.4 Å². The van der Waals surface area contributed by atoms with Crippen LogP contribution in [0.4, 0.5) is 0 Å².